The molecule has 0 aliphatic heterocycles. The SMILES string of the molecule is CCNC(c1ccnn1C)c1c(Br)cnn1CCOC. The van der Waals surface area contributed by atoms with E-state index in [1.54, 1.807) is 7.11 Å². The largest absolute Gasteiger partial charge is 0.383 e. The summed E-state index contributed by atoms with van der Waals surface area (Å²) in [6.07, 6.45) is 3.63. The fourth-order valence-electron chi connectivity index (χ4n) is 2.23. The highest BCUT2D eigenvalue weighted by atomic mass is 79.9. The van der Waals surface area contributed by atoms with Gasteiger partial charge in [0.1, 0.15) is 0 Å². The summed E-state index contributed by atoms with van der Waals surface area (Å²) in [5.74, 6) is 0. The van der Waals surface area contributed by atoms with Gasteiger partial charge in [0.2, 0.25) is 0 Å². The molecule has 7 heteroatoms. The molecule has 0 fully saturated rings. The molecule has 6 nitrogen and oxygen atoms in total. The highest BCUT2D eigenvalue weighted by molar-refractivity contribution is 9.10. The normalized spacial score (nSPS) is 12.8. The van der Waals surface area contributed by atoms with Gasteiger partial charge < -0.3 is 10.1 Å². The van der Waals surface area contributed by atoms with Crippen LogP contribution in [0.4, 0.5) is 0 Å². The molecular weight excluding hydrogens is 322 g/mol. The molecule has 2 aromatic rings. The minimum Gasteiger partial charge on any atom is -0.383 e. The Balaban J connectivity index is 2.39. The smallest absolute Gasteiger partial charge is 0.0930 e. The predicted octanol–water partition coefficient (Wildman–Crippen LogP) is 1.72. The van der Waals surface area contributed by atoms with Crippen LogP contribution in [0.3, 0.4) is 0 Å². The Morgan fingerprint density at radius 2 is 2.25 bits per heavy atom. The first-order chi connectivity index (χ1) is 9.69. The summed E-state index contributed by atoms with van der Waals surface area (Å²) >= 11 is 3.60. The number of ether oxygens (including phenoxy) is 1. The van der Waals surface area contributed by atoms with Gasteiger partial charge in [0.05, 0.1) is 41.3 Å². The number of rotatable bonds is 7. The van der Waals surface area contributed by atoms with Gasteiger partial charge in [-0.1, -0.05) is 6.92 Å². The third-order valence-corrected chi connectivity index (χ3v) is 3.79. The van der Waals surface area contributed by atoms with Crippen molar-refractivity contribution in [1.29, 1.82) is 0 Å². The Morgan fingerprint density at radius 3 is 2.85 bits per heavy atom. The molecule has 0 bridgehead atoms. The Kier molecular flexibility index (Phi) is 5.33. The van der Waals surface area contributed by atoms with Crippen LogP contribution in [-0.2, 0) is 18.3 Å². The topological polar surface area (TPSA) is 56.9 Å². The Bertz CT molecular complexity index is 551. The van der Waals surface area contributed by atoms with Gasteiger partial charge in [-0.15, -0.1) is 0 Å². The standard InChI is InChI=1S/C13H20BrN5O/c1-4-15-12(11-5-6-16-18(11)2)13-10(14)9-17-19(13)7-8-20-3/h5-6,9,12,15H,4,7-8H2,1-3H3. The number of aryl methyl sites for hydroxylation is 1. The van der Waals surface area contributed by atoms with Crippen LogP contribution in [0.2, 0.25) is 0 Å². The van der Waals surface area contributed by atoms with Crippen LogP contribution in [0.25, 0.3) is 0 Å². The molecule has 2 heterocycles. The molecule has 0 aliphatic rings. The molecule has 2 rings (SSSR count). The van der Waals surface area contributed by atoms with Crippen molar-refractivity contribution in [2.45, 2.75) is 19.5 Å². The third-order valence-electron chi connectivity index (χ3n) is 3.18. The molecule has 1 unspecified atom stereocenters. The molecule has 0 amide bonds. The number of halogens is 1. The maximum Gasteiger partial charge on any atom is 0.0930 e. The highest BCUT2D eigenvalue weighted by Crippen LogP contribution is 2.28. The Morgan fingerprint density at radius 1 is 1.45 bits per heavy atom. The molecule has 0 aliphatic carbocycles. The zero-order chi connectivity index (χ0) is 14.5. The van der Waals surface area contributed by atoms with E-state index in [0.717, 1.165) is 29.0 Å². The van der Waals surface area contributed by atoms with Gasteiger partial charge in [0.15, 0.2) is 0 Å². The minimum atomic E-state index is 0.0428. The lowest BCUT2D eigenvalue weighted by Crippen LogP contribution is -2.27. The second kappa shape index (κ2) is 7.01. The molecule has 110 valence electrons. The first-order valence-corrected chi connectivity index (χ1v) is 7.39. The summed E-state index contributed by atoms with van der Waals surface area (Å²) in [6.45, 7) is 4.30. The van der Waals surface area contributed by atoms with Crippen LogP contribution in [0.1, 0.15) is 24.4 Å². The van der Waals surface area contributed by atoms with E-state index in [1.165, 1.54) is 0 Å². The van der Waals surface area contributed by atoms with E-state index in [1.807, 2.05) is 34.9 Å². The van der Waals surface area contributed by atoms with Crippen molar-refractivity contribution in [3.05, 3.63) is 34.3 Å². The average molecular weight is 342 g/mol. The zero-order valence-corrected chi connectivity index (χ0v) is 13.6. The fourth-order valence-corrected chi connectivity index (χ4v) is 2.75. The van der Waals surface area contributed by atoms with Gasteiger partial charge in [-0.3, -0.25) is 9.36 Å². The molecule has 0 saturated carbocycles. The van der Waals surface area contributed by atoms with Crippen molar-refractivity contribution in [2.24, 2.45) is 7.05 Å². The quantitative estimate of drug-likeness (QED) is 0.833. The fraction of sp³-hybridized carbons (Fsp3) is 0.538. The van der Waals surface area contributed by atoms with Gasteiger partial charge >= 0.3 is 0 Å². The molecule has 1 N–H and O–H groups in total. The second-order valence-electron chi connectivity index (χ2n) is 4.46. The molecule has 0 saturated heterocycles. The van der Waals surface area contributed by atoms with Crippen molar-refractivity contribution in [1.82, 2.24) is 24.9 Å². The van der Waals surface area contributed by atoms with E-state index in [0.29, 0.717) is 6.61 Å². The number of hydrogen-bond donors (Lipinski definition) is 1. The van der Waals surface area contributed by atoms with E-state index in [9.17, 15) is 0 Å². The summed E-state index contributed by atoms with van der Waals surface area (Å²) in [7, 11) is 3.64. The number of hydrogen-bond acceptors (Lipinski definition) is 4. The molecule has 0 aromatic carbocycles. The van der Waals surface area contributed by atoms with E-state index in [4.69, 9.17) is 4.74 Å². The van der Waals surface area contributed by atoms with E-state index < -0.39 is 0 Å². The van der Waals surface area contributed by atoms with Crippen molar-refractivity contribution in [3.8, 4) is 0 Å². The minimum absolute atomic E-state index is 0.0428. The van der Waals surface area contributed by atoms with Crippen LogP contribution in [0.5, 0.6) is 0 Å². The van der Waals surface area contributed by atoms with Crippen LogP contribution >= 0.6 is 15.9 Å². The van der Waals surface area contributed by atoms with Crippen molar-refractivity contribution < 1.29 is 4.74 Å². The molecule has 2 aromatic heterocycles. The number of aromatic nitrogens is 4. The number of nitrogens with zero attached hydrogens (tertiary/aromatic N) is 4. The second-order valence-corrected chi connectivity index (χ2v) is 5.32. The first-order valence-electron chi connectivity index (χ1n) is 6.60. The zero-order valence-electron chi connectivity index (χ0n) is 12.0. The molecular formula is C13H20BrN5O. The number of nitrogens with one attached hydrogen (secondary N) is 1. The lowest BCUT2D eigenvalue weighted by atomic mass is 10.1. The summed E-state index contributed by atoms with van der Waals surface area (Å²) in [5, 5.41) is 12.2. The number of methoxy groups -OCH3 is 1. The summed E-state index contributed by atoms with van der Waals surface area (Å²) in [4.78, 5) is 0. The molecule has 0 radical (unpaired) electrons. The van der Waals surface area contributed by atoms with Crippen LogP contribution < -0.4 is 5.32 Å². The molecule has 0 spiro atoms. The first kappa shape index (κ1) is 15.2. The van der Waals surface area contributed by atoms with Crippen molar-refractivity contribution in [3.63, 3.8) is 0 Å². The predicted molar refractivity (Wildman–Crippen MR) is 80.5 cm³/mol. The monoisotopic (exact) mass is 341 g/mol. The third kappa shape index (κ3) is 3.11. The lowest BCUT2D eigenvalue weighted by Gasteiger charge is -2.20. The molecule has 20 heavy (non-hydrogen) atoms. The average Bonchev–Trinajstić information content (AvgIpc) is 3.01. The van der Waals surface area contributed by atoms with Gasteiger partial charge in [-0.05, 0) is 28.5 Å². The van der Waals surface area contributed by atoms with Crippen LogP contribution in [-0.4, -0.2) is 39.8 Å². The Hall–Kier alpha value is -1.18. The maximum absolute atomic E-state index is 5.15. The van der Waals surface area contributed by atoms with Gasteiger partial charge in [-0.25, -0.2) is 0 Å². The van der Waals surface area contributed by atoms with Gasteiger partial charge in [-0.2, -0.15) is 10.2 Å². The van der Waals surface area contributed by atoms with E-state index in [-0.39, 0.29) is 6.04 Å². The van der Waals surface area contributed by atoms with E-state index in [2.05, 4.69) is 38.4 Å². The summed E-state index contributed by atoms with van der Waals surface area (Å²) in [5.41, 5.74) is 2.19. The summed E-state index contributed by atoms with van der Waals surface area (Å²) < 4.78 is 9.99. The molecule has 1 atom stereocenters. The van der Waals surface area contributed by atoms with Crippen LogP contribution in [0.15, 0.2) is 22.9 Å². The van der Waals surface area contributed by atoms with Crippen LogP contribution in [0, 0.1) is 0 Å². The van der Waals surface area contributed by atoms with Crippen molar-refractivity contribution in [2.75, 3.05) is 20.3 Å². The summed E-state index contributed by atoms with van der Waals surface area (Å²) in [6, 6.07) is 2.06. The van der Waals surface area contributed by atoms with Gasteiger partial charge in [0, 0.05) is 20.4 Å². The van der Waals surface area contributed by atoms with Gasteiger partial charge in [0.25, 0.3) is 0 Å². The highest BCUT2D eigenvalue weighted by Gasteiger charge is 2.23. The lowest BCUT2D eigenvalue weighted by molar-refractivity contribution is 0.182. The van der Waals surface area contributed by atoms with Crippen molar-refractivity contribution >= 4 is 15.9 Å². The maximum atomic E-state index is 5.15. The Labute approximate surface area is 127 Å². The van der Waals surface area contributed by atoms with E-state index >= 15 is 0 Å².